The van der Waals surface area contributed by atoms with Crippen LogP contribution in [-0.4, -0.2) is 61.5 Å². The Morgan fingerprint density at radius 2 is 1.60 bits per heavy atom. The van der Waals surface area contributed by atoms with Gasteiger partial charge in [0.2, 0.25) is 11.8 Å². The summed E-state index contributed by atoms with van der Waals surface area (Å²) < 4.78 is 0. The largest absolute Gasteiger partial charge is 0.353 e. The van der Waals surface area contributed by atoms with E-state index < -0.39 is 6.04 Å². The predicted octanol–water partition coefficient (Wildman–Crippen LogP) is 2.28. The Hall–Kier alpha value is -1.08. The number of carbonyl (C=O) groups is 3. The van der Waals surface area contributed by atoms with Gasteiger partial charge in [-0.1, -0.05) is 27.7 Å². The fraction of sp³-hybridized carbons (Fsp3) is 0.833. The number of likely N-dealkylation sites (N-methyl/N-ethyl adjacent to an activating group) is 2. The van der Waals surface area contributed by atoms with Crippen LogP contribution in [0.2, 0.25) is 0 Å². The van der Waals surface area contributed by atoms with Gasteiger partial charge in [-0.3, -0.25) is 14.4 Å². The molecule has 0 saturated carbocycles. The first-order chi connectivity index (χ1) is 11.9. The zero-order chi connectivity index (χ0) is 20.3. The minimum Gasteiger partial charge on any atom is -0.353 e. The molecule has 0 fully saturated rings. The second-order valence-corrected chi connectivity index (χ2v) is 5.45. The fourth-order valence-corrected chi connectivity index (χ4v) is 2.07. The molecule has 0 aliphatic heterocycles. The van der Waals surface area contributed by atoms with E-state index in [-0.39, 0.29) is 24.0 Å². The molecular formula is C18H39N3O3S. The molecule has 0 spiro atoms. The van der Waals surface area contributed by atoms with Crippen molar-refractivity contribution in [2.45, 2.75) is 66.3 Å². The molecule has 1 unspecified atom stereocenters. The second-order valence-electron chi connectivity index (χ2n) is 5.00. The van der Waals surface area contributed by atoms with Crippen LogP contribution < -0.4 is 10.6 Å². The highest BCUT2D eigenvalue weighted by Crippen LogP contribution is 2.08. The van der Waals surface area contributed by atoms with Crippen molar-refractivity contribution < 1.29 is 14.4 Å². The van der Waals surface area contributed by atoms with Gasteiger partial charge in [0, 0.05) is 33.0 Å². The number of amides is 2. The van der Waals surface area contributed by atoms with E-state index in [0.29, 0.717) is 19.5 Å². The number of carbonyl (C=O) groups excluding carboxylic acids is 3. The SMILES string of the molecule is CC.CC.CNCCNC(=O)C(CC(C)=O)N(C)C(=O)CCCCS. The molecule has 150 valence electrons. The molecule has 25 heavy (non-hydrogen) atoms. The molecular weight excluding hydrogens is 338 g/mol. The first-order valence-corrected chi connectivity index (χ1v) is 9.85. The third kappa shape index (κ3) is 16.2. The van der Waals surface area contributed by atoms with E-state index in [0.717, 1.165) is 18.6 Å². The van der Waals surface area contributed by atoms with Gasteiger partial charge < -0.3 is 15.5 Å². The van der Waals surface area contributed by atoms with Crippen LogP contribution in [0.25, 0.3) is 0 Å². The number of hydrogen-bond acceptors (Lipinski definition) is 5. The van der Waals surface area contributed by atoms with Crippen molar-refractivity contribution in [2.75, 3.05) is 32.9 Å². The lowest BCUT2D eigenvalue weighted by Gasteiger charge is -2.26. The Morgan fingerprint density at radius 3 is 2.04 bits per heavy atom. The predicted molar refractivity (Wildman–Crippen MR) is 109 cm³/mol. The van der Waals surface area contributed by atoms with Gasteiger partial charge in [0.15, 0.2) is 0 Å². The third-order valence-corrected chi connectivity index (χ3v) is 3.43. The number of unbranched alkanes of at least 4 members (excludes halogenated alkanes) is 1. The van der Waals surface area contributed by atoms with Gasteiger partial charge >= 0.3 is 0 Å². The average molecular weight is 378 g/mol. The fourth-order valence-electron chi connectivity index (χ4n) is 1.84. The maximum Gasteiger partial charge on any atom is 0.243 e. The summed E-state index contributed by atoms with van der Waals surface area (Å²) in [6.07, 6.45) is 2.00. The first-order valence-electron chi connectivity index (χ1n) is 9.22. The lowest BCUT2D eigenvalue weighted by Crippen LogP contribution is -2.49. The molecule has 0 rings (SSSR count). The standard InChI is InChI=1S/C14H27N3O3S.2C2H6/c1-11(18)10-12(14(20)16-8-7-15-2)17(3)13(19)6-4-5-9-21;2*1-2/h12,15,21H,4-10H2,1-3H3,(H,16,20);2*1-2H3. The Kier molecular flexibility index (Phi) is 24.1. The van der Waals surface area contributed by atoms with Crippen LogP contribution in [0.4, 0.5) is 0 Å². The molecule has 0 aliphatic carbocycles. The van der Waals surface area contributed by atoms with E-state index in [1.165, 1.54) is 11.8 Å². The zero-order valence-electron chi connectivity index (χ0n) is 17.1. The number of thiol groups is 1. The van der Waals surface area contributed by atoms with Crippen LogP contribution in [0.3, 0.4) is 0 Å². The van der Waals surface area contributed by atoms with Gasteiger partial charge in [0.05, 0.1) is 0 Å². The summed E-state index contributed by atoms with van der Waals surface area (Å²) in [7, 11) is 3.37. The van der Waals surface area contributed by atoms with Gasteiger partial charge in [0.1, 0.15) is 11.8 Å². The van der Waals surface area contributed by atoms with Crippen LogP contribution in [0.1, 0.15) is 60.3 Å². The summed E-state index contributed by atoms with van der Waals surface area (Å²) in [5.41, 5.74) is 0. The summed E-state index contributed by atoms with van der Waals surface area (Å²) in [4.78, 5) is 36.9. The molecule has 0 saturated heterocycles. The van der Waals surface area contributed by atoms with Crippen molar-refractivity contribution in [1.29, 1.82) is 0 Å². The molecule has 0 aromatic carbocycles. The van der Waals surface area contributed by atoms with Crippen molar-refractivity contribution in [3.8, 4) is 0 Å². The van der Waals surface area contributed by atoms with Crippen molar-refractivity contribution in [3.05, 3.63) is 0 Å². The molecule has 0 aromatic rings. The molecule has 2 N–H and O–H groups in total. The van der Waals surface area contributed by atoms with Crippen LogP contribution in [0, 0.1) is 0 Å². The molecule has 6 nitrogen and oxygen atoms in total. The van der Waals surface area contributed by atoms with Crippen LogP contribution in [0.5, 0.6) is 0 Å². The van der Waals surface area contributed by atoms with E-state index >= 15 is 0 Å². The number of nitrogens with zero attached hydrogens (tertiary/aromatic N) is 1. The van der Waals surface area contributed by atoms with Gasteiger partial charge in [-0.05, 0) is 32.6 Å². The summed E-state index contributed by atoms with van der Waals surface area (Å²) in [6.45, 7) is 10.5. The van der Waals surface area contributed by atoms with E-state index in [9.17, 15) is 14.4 Å². The molecule has 0 bridgehead atoms. The lowest BCUT2D eigenvalue weighted by atomic mass is 10.1. The number of rotatable bonds is 11. The van der Waals surface area contributed by atoms with E-state index in [2.05, 4.69) is 23.3 Å². The van der Waals surface area contributed by atoms with Crippen molar-refractivity contribution in [1.82, 2.24) is 15.5 Å². The highest BCUT2D eigenvalue weighted by Gasteiger charge is 2.27. The maximum absolute atomic E-state index is 12.1. The number of Topliss-reactive ketones (excluding diaryl/α,β-unsaturated/α-hetero) is 1. The summed E-state index contributed by atoms with van der Waals surface area (Å²) in [5, 5.41) is 5.65. The zero-order valence-corrected chi connectivity index (χ0v) is 18.0. The summed E-state index contributed by atoms with van der Waals surface area (Å²) >= 11 is 4.10. The quantitative estimate of drug-likeness (QED) is 0.381. The summed E-state index contributed by atoms with van der Waals surface area (Å²) in [5.74, 6) is 0.217. The molecule has 1 atom stereocenters. The average Bonchev–Trinajstić information content (AvgIpc) is 2.62. The maximum atomic E-state index is 12.1. The molecule has 2 amide bonds. The number of hydrogen-bond donors (Lipinski definition) is 3. The topological polar surface area (TPSA) is 78.5 Å². The normalized spacial score (nSPS) is 10.4. The third-order valence-electron chi connectivity index (χ3n) is 3.12. The molecule has 0 radical (unpaired) electrons. The molecule has 0 heterocycles. The molecule has 0 aromatic heterocycles. The van der Waals surface area contributed by atoms with E-state index in [1.807, 2.05) is 27.7 Å². The van der Waals surface area contributed by atoms with Crippen LogP contribution >= 0.6 is 12.6 Å². The Balaban J connectivity index is -0.00000112. The number of ketones is 1. The Labute approximate surface area is 159 Å². The van der Waals surface area contributed by atoms with Crippen molar-refractivity contribution in [2.24, 2.45) is 0 Å². The van der Waals surface area contributed by atoms with Crippen molar-refractivity contribution in [3.63, 3.8) is 0 Å². The van der Waals surface area contributed by atoms with Gasteiger partial charge in [-0.2, -0.15) is 12.6 Å². The van der Waals surface area contributed by atoms with Crippen LogP contribution in [0.15, 0.2) is 0 Å². The highest BCUT2D eigenvalue weighted by molar-refractivity contribution is 7.80. The van der Waals surface area contributed by atoms with Gasteiger partial charge in [-0.15, -0.1) is 0 Å². The number of nitrogens with one attached hydrogen (secondary N) is 2. The Bertz CT molecular complexity index is 352. The smallest absolute Gasteiger partial charge is 0.243 e. The monoisotopic (exact) mass is 377 g/mol. The first kappa shape index (κ1) is 28.7. The second kappa shape index (κ2) is 21.0. The lowest BCUT2D eigenvalue weighted by molar-refractivity contribution is -0.140. The van der Waals surface area contributed by atoms with Crippen LogP contribution in [-0.2, 0) is 14.4 Å². The molecule has 7 heteroatoms. The molecule has 0 aliphatic rings. The summed E-state index contributed by atoms with van der Waals surface area (Å²) in [6, 6.07) is -0.733. The van der Waals surface area contributed by atoms with Crippen molar-refractivity contribution >= 4 is 30.2 Å². The Morgan fingerprint density at radius 1 is 1.04 bits per heavy atom. The van der Waals surface area contributed by atoms with Gasteiger partial charge in [-0.25, -0.2) is 0 Å². The van der Waals surface area contributed by atoms with Gasteiger partial charge in [0.25, 0.3) is 0 Å². The minimum atomic E-state index is -0.733. The van der Waals surface area contributed by atoms with E-state index in [4.69, 9.17) is 0 Å². The highest BCUT2D eigenvalue weighted by atomic mass is 32.1. The van der Waals surface area contributed by atoms with E-state index in [1.54, 1.807) is 14.1 Å². The minimum absolute atomic E-state index is 0.0419.